The lowest BCUT2D eigenvalue weighted by molar-refractivity contribution is -0.143. The maximum Gasteiger partial charge on any atom is 0.305 e. The number of ether oxygens (including phenoxy) is 1. The van der Waals surface area contributed by atoms with Gasteiger partial charge in [-0.25, -0.2) is 0 Å². The van der Waals surface area contributed by atoms with Crippen LogP contribution in [0.4, 0.5) is 0 Å². The molecule has 6 nitrogen and oxygen atoms in total. The molecule has 0 spiro atoms. The van der Waals surface area contributed by atoms with E-state index in [4.69, 9.17) is 4.74 Å². The largest absolute Gasteiger partial charge is 0.466 e. The number of nitrogens with one attached hydrogen (secondary N) is 1. The maximum atomic E-state index is 12.5. The summed E-state index contributed by atoms with van der Waals surface area (Å²) >= 11 is 0. The monoisotopic (exact) mass is 876 g/mol. The quantitative estimate of drug-likeness (QED) is 0.0321. The minimum Gasteiger partial charge on any atom is -0.466 e. The summed E-state index contributed by atoms with van der Waals surface area (Å²) in [5, 5.41) is 23.2. The summed E-state index contributed by atoms with van der Waals surface area (Å²) in [4.78, 5) is 24.5. The Morgan fingerprint density at radius 2 is 0.758 bits per heavy atom. The van der Waals surface area contributed by atoms with Crippen LogP contribution in [0.1, 0.15) is 309 Å². The van der Waals surface area contributed by atoms with Crippen LogP contribution in [0.5, 0.6) is 0 Å². The van der Waals surface area contributed by atoms with E-state index in [2.05, 4.69) is 31.3 Å². The number of aliphatic hydroxyl groups is 2. The van der Waals surface area contributed by atoms with E-state index in [1.165, 1.54) is 199 Å². The third-order valence-corrected chi connectivity index (χ3v) is 13.1. The predicted octanol–water partition coefficient (Wildman–Crippen LogP) is 16.9. The molecule has 0 aromatic rings. The normalized spacial score (nSPS) is 12.6. The molecule has 0 saturated heterocycles. The molecule has 0 bridgehead atoms. The van der Waals surface area contributed by atoms with Crippen molar-refractivity contribution in [2.75, 3.05) is 13.2 Å². The van der Waals surface area contributed by atoms with Gasteiger partial charge in [-0.3, -0.25) is 9.59 Å². The second-order valence-corrected chi connectivity index (χ2v) is 19.3. The van der Waals surface area contributed by atoms with E-state index in [9.17, 15) is 19.8 Å². The van der Waals surface area contributed by atoms with Crippen molar-refractivity contribution < 1.29 is 24.5 Å². The zero-order chi connectivity index (χ0) is 45.1. The number of esters is 1. The Balaban J connectivity index is 3.48. The highest BCUT2D eigenvalue weighted by atomic mass is 16.5. The SMILES string of the molecule is CCCCCCCCCCCCCCCCCCCCCC(=O)OCCCC/C=C\CCCCCCC(=O)NC(CO)C(O)CCCCCCCCCCCCCCCCCC. The Hall–Kier alpha value is -1.40. The summed E-state index contributed by atoms with van der Waals surface area (Å²) in [6.07, 6.45) is 60.6. The Morgan fingerprint density at radius 1 is 0.435 bits per heavy atom. The molecular weight excluding hydrogens is 767 g/mol. The lowest BCUT2D eigenvalue weighted by atomic mass is 10.0. The molecule has 0 aromatic heterocycles. The van der Waals surface area contributed by atoms with Crippen molar-refractivity contribution in [2.45, 2.75) is 321 Å². The second kappa shape index (κ2) is 52.2. The summed E-state index contributed by atoms with van der Waals surface area (Å²) in [5.41, 5.74) is 0. The fourth-order valence-electron chi connectivity index (χ4n) is 8.75. The van der Waals surface area contributed by atoms with E-state index in [1.54, 1.807) is 0 Å². The molecular formula is C56H109NO5. The molecule has 6 heteroatoms. The first-order chi connectivity index (χ1) is 30.5. The molecule has 0 aromatic carbocycles. The highest BCUT2D eigenvalue weighted by Crippen LogP contribution is 2.17. The van der Waals surface area contributed by atoms with Crippen LogP contribution in [0, 0.1) is 0 Å². The smallest absolute Gasteiger partial charge is 0.305 e. The lowest BCUT2D eigenvalue weighted by Crippen LogP contribution is -2.45. The van der Waals surface area contributed by atoms with Crippen molar-refractivity contribution in [3.63, 3.8) is 0 Å². The highest BCUT2D eigenvalue weighted by molar-refractivity contribution is 5.76. The average molecular weight is 876 g/mol. The summed E-state index contributed by atoms with van der Waals surface area (Å²) in [7, 11) is 0. The van der Waals surface area contributed by atoms with E-state index in [0.29, 0.717) is 25.9 Å². The molecule has 0 aliphatic rings. The zero-order valence-corrected chi connectivity index (χ0v) is 41.9. The van der Waals surface area contributed by atoms with Crippen LogP contribution in [0.25, 0.3) is 0 Å². The number of unbranched alkanes of at least 4 members (excludes halogenated alkanes) is 39. The third kappa shape index (κ3) is 48.1. The Morgan fingerprint density at radius 3 is 1.15 bits per heavy atom. The number of hydrogen-bond acceptors (Lipinski definition) is 5. The third-order valence-electron chi connectivity index (χ3n) is 13.1. The van der Waals surface area contributed by atoms with E-state index in [-0.39, 0.29) is 18.5 Å². The van der Waals surface area contributed by atoms with Gasteiger partial charge >= 0.3 is 5.97 Å². The first-order valence-electron chi connectivity index (χ1n) is 27.9. The zero-order valence-electron chi connectivity index (χ0n) is 41.9. The Labute approximate surface area is 387 Å². The fraction of sp³-hybridized carbons (Fsp3) is 0.929. The molecule has 2 atom stereocenters. The van der Waals surface area contributed by atoms with Crippen LogP contribution >= 0.6 is 0 Å². The molecule has 1 amide bonds. The topological polar surface area (TPSA) is 95.9 Å². The van der Waals surface area contributed by atoms with Gasteiger partial charge in [0, 0.05) is 12.8 Å². The maximum absolute atomic E-state index is 12.5. The molecule has 3 N–H and O–H groups in total. The average Bonchev–Trinajstić information content (AvgIpc) is 3.27. The van der Waals surface area contributed by atoms with E-state index >= 15 is 0 Å². The summed E-state index contributed by atoms with van der Waals surface area (Å²) in [6, 6.07) is -0.566. The molecule has 0 fully saturated rings. The summed E-state index contributed by atoms with van der Waals surface area (Å²) in [5.74, 6) is -0.0991. The Bertz CT molecular complexity index is 924. The second-order valence-electron chi connectivity index (χ2n) is 19.3. The van der Waals surface area contributed by atoms with Crippen LogP contribution in [-0.2, 0) is 14.3 Å². The number of carbonyl (C=O) groups is 2. The number of carbonyl (C=O) groups excluding carboxylic acids is 2. The van der Waals surface area contributed by atoms with Gasteiger partial charge in [0.1, 0.15) is 0 Å². The van der Waals surface area contributed by atoms with Crippen molar-refractivity contribution in [3.8, 4) is 0 Å². The molecule has 0 aliphatic carbocycles. The number of hydrogen-bond donors (Lipinski definition) is 3. The van der Waals surface area contributed by atoms with Crippen LogP contribution in [0.2, 0.25) is 0 Å². The molecule has 0 saturated carbocycles. The minimum absolute atomic E-state index is 0.0310. The number of rotatable bonds is 52. The number of aliphatic hydroxyl groups excluding tert-OH is 2. The van der Waals surface area contributed by atoms with E-state index in [1.807, 2.05) is 0 Å². The van der Waals surface area contributed by atoms with Crippen molar-refractivity contribution in [3.05, 3.63) is 12.2 Å². The highest BCUT2D eigenvalue weighted by Gasteiger charge is 2.20. The fourth-order valence-corrected chi connectivity index (χ4v) is 8.75. The number of amides is 1. The Kier molecular flexibility index (Phi) is 51.0. The lowest BCUT2D eigenvalue weighted by Gasteiger charge is -2.22. The number of allylic oxidation sites excluding steroid dienone is 2. The van der Waals surface area contributed by atoms with Gasteiger partial charge in [-0.1, -0.05) is 257 Å². The van der Waals surface area contributed by atoms with Crippen LogP contribution in [-0.4, -0.2) is 47.4 Å². The summed E-state index contributed by atoms with van der Waals surface area (Å²) < 4.78 is 5.45. The standard InChI is InChI=1S/C56H109NO5/c1-3-5-7-9-11-13-15-17-19-21-22-23-25-27-29-34-38-42-46-50-56(61)62-51-47-43-39-35-31-30-33-37-41-45-49-55(60)57-53(52-58)54(59)48-44-40-36-32-28-26-24-20-18-16-14-12-10-8-6-4-2/h31,35,53-54,58-59H,3-30,32-34,36-52H2,1-2H3,(H,57,60)/b35-31-. The van der Waals surface area contributed by atoms with Gasteiger partial charge in [0.05, 0.1) is 25.4 Å². The van der Waals surface area contributed by atoms with Gasteiger partial charge in [-0.15, -0.1) is 0 Å². The molecule has 62 heavy (non-hydrogen) atoms. The molecule has 0 heterocycles. The van der Waals surface area contributed by atoms with Crippen molar-refractivity contribution in [1.29, 1.82) is 0 Å². The van der Waals surface area contributed by atoms with Gasteiger partial charge < -0.3 is 20.3 Å². The van der Waals surface area contributed by atoms with Gasteiger partial charge in [0.15, 0.2) is 0 Å². The van der Waals surface area contributed by atoms with Gasteiger partial charge in [-0.05, 0) is 51.4 Å². The predicted molar refractivity (Wildman–Crippen MR) is 269 cm³/mol. The van der Waals surface area contributed by atoms with Crippen LogP contribution in [0.15, 0.2) is 12.2 Å². The van der Waals surface area contributed by atoms with Crippen molar-refractivity contribution in [1.82, 2.24) is 5.32 Å². The van der Waals surface area contributed by atoms with Gasteiger partial charge in [0.2, 0.25) is 5.91 Å². The van der Waals surface area contributed by atoms with Crippen molar-refractivity contribution >= 4 is 11.9 Å². The first kappa shape index (κ1) is 60.6. The molecule has 0 radical (unpaired) electrons. The summed E-state index contributed by atoms with van der Waals surface area (Å²) in [6.45, 7) is 4.89. The first-order valence-corrected chi connectivity index (χ1v) is 27.9. The van der Waals surface area contributed by atoms with Crippen LogP contribution in [0.3, 0.4) is 0 Å². The van der Waals surface area contributed by atoms with Gasteiger partial charge in [-0.2, -0.15) is 0 Å². The van der Waals surface area contributed by atoms with Gasteiger partial charge in [0.25, 0.3) is 0 Å². The molecule has 368 valence electrons. The minimum atomic E-state index is -0.685. The molecule has 0 rings (SSSR count). The molecule has 0 aliphatic heterocycles. The van der Waals surface area contributed by atoms with E-state index in [0.717, 1.165) is 77.0 Å². The van der Waals surface area contributed by atoms with Crippen LogP contribution < -0.4 is 5.32 Å². The van der Waals surface area contributed by atoms with E-state index < -0.39 is 12.1 Å². The molecule has 2 unspecified atom stereocenters. The van der Waals surface area contributed by atoms with Crippen molar-refractivity contribution in [2.24, 2.45) is 0 Å².